The van der Waals surface area contributed by atoms with Crippen molar-refractivity contribution in [3.8, 4) is 0 Å². The summed E-state index contributed by atoms with van der Waals surface area (Å²) in [5.74, 6) is -0.258. The van der Waals surface area contributed by atoms with Crippen LogP contribution in [0.3, 0.4) is 0 Å². The van der Waals surface area contributed by atoms with Crippen LogP contribution < -0.4 is 10.2 Å². The number of anilines is 1. The Balaban J connectivity index is 1.77. The zero-order chi connectivity index (χ0) is 17.8. The molecule has 1 atom stereocenters. The van der Waals surface area contributed by atoms with E-state index in [-0.39, 0.29) is 24.4 Å². The molecule has 1 heterocycles. The van der Waals surface area contributed by atoms with E-state index in [2.05, 4.69) is 5.32 Å². The van der Waals surface area contributed by atoms with Gasteiger partial charge in [-0.25, -0.2) is 0 Å². The fraction of sp³-hybridized carbons (Fsp3) is 0.300. The highest BCUT2D eigenvalue weighted by Crippen LogP contribution is 2.33. The molecular weight excluding hydrogens is 336 g/mol. The number of rotatable bonds is 4. The first-order valence-electron chi connectivity index (χ1n) is 8.48. The molecule has 0 radical (unpaired) electrons. The number of halogens is 1. The Morgan fingerprint density at radius 2 is 1.92 bits per heavy atom. The number of nitrogens with zero attached hydrogens (tertiary/aromatic N) is 1. The van der Waals surface area contributed by atoms with E-state index in [4.69, 9.17) is 11.6 Å². The van der Waals surface area contributed by atoms with Crippen LogP contribution in [0.25, 0.3) is 0 Å². The van der Waals surface area contributed by atoms with E-state index in [0.29, 0.717) is 17.1 Å². The summed E-state index contributed by atoms with van der Waals surface area (Å²) in [5.41, 5.74) is 2.72. The zero-order valence-electron chi connectivity index (χ0n) is 14.2. The van der Waals surface area contributed by atoms with Gasteiger partial charge >= 0.3 is 0 Å². The van der Waals surface area contributed by atoms with Crippen molar-refractivity contribution in [1.82, 2.24) is 5.32 Å². The van der Waals surface area contributed by atoms with Gasteiger partial charge in [-0.05, 0) is 37.0 Å². The second-order valence-electron chi connectivity index (χ2n) is 6.28. The molecule has 4 nitrogen and oxygen atoms in total. The minimum atomic E-state index is -0.197. The molecule has 130 valence electrons. The van der Waals surface area contributed by atoms with E-state index in [0.717, 1.165) is 24.0 Å². The number of fused-ring (bicyclic) bond motifs is 1. The van der Waals surface area contributed by atoms with E-state index >= 15 is 0 Å². The molecule has 0 spiro atoms. The summed E-state index contributed by atoms with van der Waals surface area (Å²) in [4.78, 5) is 26.6. The third-order valence-electron chi connectivity index (χ3n) is 4.46. The number of para-hydroxylation sites is 1. The van der Waals surface area contributed by atoms with Gasteiger partial charge in [-0.3, -0.25) is 9.59 Å². The first-order valence-corrected chi connectivity index (χ1v) is 8.86. The van der Waals surface area contributed by atoms with E-state index in [9.17, 15) is 9.59 Å². The maximum atomic E-state index is 12.5. The predicted molar refractivity (Wildman–Crippen MR) is 99.7 cm³/mol. The largest absolute Gasteiger partial charge is 0.348 e. The summed E-state index contributed by atoms with van der Waals surface area (Å²) in [6, 6.07) is 15.2. The van der Waals surface area contributed by atoms with Gasteiger partial charge in [0.25, 0.3) is 0 Å². The van der Waals surface area contributed by atoms with Gasteiger partial charge in [-0.2, -0.15) is 0 Å². The number of hydrogen-bond acceptors (Lipinski definition) is 2. The third kappa shape index (κ3) is 4.02. The number of carbonyl (C=O) groups is 2. The number of amides is 2. The summed E-state index contributed by atoms with van der Waals surface area (Å²) < 4.78 is 0. The standard InChI is InChI=1S/C20H21ClN2O2/c1-14(15-7-3-2-4-8-15)22-18(24)13-23-19(25)12-6-10-16-9-5-11-17(21)20(16)23/h2-5,7-9,11,14H,6,10,12-13H2,1H3,(H,22,24)/t14-/m0/s1. The van der Waals surface area contributed by atoms with Crippen LogP contribution in [0.4, 0.5) is 5.69 Å². The monoisotopic (exact) mass is 356 g/mol. The fourth-order valence-electron chi connectivity index (χ4n) is 3.18. The van der Waals surface area contributed by atoms with Gasteiger partial charge < -0.3 is 10.2 Å². The van der Waals surface area contributed by atoms with Crippen LogP contribution >= 0.6 is 11.6 Å². The van der Waals surface area contributed by atoms with Crippen LogP contribution in [-0.4, -0.2) is 18.4 Å². The van der Waals surface area contributed by atoms with Crippen molar-refractivity contribution in [3.05, 3.63) is 64.7 Å². The summed E-state index contributed by atoms with van der Waals surface area (Å²) in [6.45, 7) is 1.91. The quantitative estimate of drug-likeness (QED) is 0.903. The molecule has 0 fully saturated rings. The minimum absolute atomic E-state index is 0.0211. The second-order valence-corrected chi connectivity index (χ2v) is 6.69. The third-order valence-corrected chi connectivity index (χ3v) is 4.76. The number of aryl methyl sites for hydroxylation is 1. The maximum absolute atomic E-state index is 12.5. The van der Waals surface area contributed by atoms with Gasteiger partial charge in [0.05, 0.1) is 16.8 Å². The Kier molecular flexibility index (Phi) is 5.39. The molecule has 0 unspecified atom stereocenters. The summed E-state index contributed by atoms with van der Waals surface area (Å²) >= 11 is 6.33. The van der Waals surface area contributed by atoms with Crippen molar-refractivity contribution in [2.45, 2.75) is 32.2 Å². The van der Waals surface area contributed by atoms with Crippen LogP contribution in [-0.2, 0) is 16.0 Å². The van der Waals surface area contributed by atoms with Crippen LogP contribution in [0.1, 0.15) is 36.9 Å². The molecule has 1 N–H and O–H groups in total. The molecule has 1 aliphatic heterocycles. The van der Waals surface area contributed by atoms with Crippen molar-refractivity contribution < 1.29 is 9.59 Å². The fourth-order valence-corrected chi connectivity index (χ4v) is 3.47. The summed E-state index contributed by atoms with van der Waals surface area (Å²) in [7, 11) is 0. The lowest BCUT2D eigenvalue weighted by atomic mass is 10.1. The van der Waals surface area contributed by atoms with Crippen molar-refractivity contribution in [1.29, 1.82) is 0 Å². The van der Waals surface area contributed by atoms with Gasteiger partial charge in [0.2, 0.25) is 11.8 Å². The average molecular weight is 357 g/mol. The number of benzene rings is 2. The van der Waals surface area contributed by atoms with Crippen LogP contribution in [0.2, 0.25) is 5.02 Å². The highest BCUT2D eigenvalue weighted by molar-refractivity contribution is 6.34. The first kappa shape index (κ1) is 17.5. The van der Waals surface area contributed by atoms with E-state index in [1.165, 1.54) is 4.90 Å². The topological polar surface area (TPSA) is 49.4 Å². The summed E-state index contributed by atoms with van der Waals surface area (Å²) in [6.07, 6.45) is 1.98. The molecule has 5 heteroatoms. The Morgan fingerprint density at radius 1 is 1.16 bits per heavy atom. The summed E-state index contributed by atoms with van der Waals surface area (Å²) in [5, 5.41) is 3.47. The predicted octanol–water partition coefficient (Wildman–Crippen LogP) is 3.89. The molecule has 3 rings (SSSR count). The highest BCUT2D eigenvalue weighted by Gasteiger charge is 2.26. The van der Waals surface area contributed by atoms with Gasteiger partial charge in [0.1, 0.15) is 6.54 Å². The minimum Gasteiger partial charge on any atom is -0.348 e. The molecular formula is C20H21ClN2O2. The highest BCUT2D eigenvalue weighted by atomic mass is 35.5. The van der Waals surface area contributed by atoms with Gasteiger partial charge in [0, 0.05) is 6.42 Å². The second kappa shape index (κ2) is 7.70. The van der Waals surface area contributed by atoms with Gasteiger partial charge in [-0.15, -0.1) is 0 Å². The van der Waals surface area contributed by atoms with E-state index in [1.807, 2.05) is 49.4 Å². The molecule has 2 aromatic carbocycles. The Labute approximate surface area is 152 Å². The van der Waals surface area contributed by atoms with Crippen molar-refractivity contribution >= 4 is 29.1 Å². The first-order chi connectivity index (χ1) is 12.1. The van der Waals surface area contributed by atoms with Crippen molar-refractivity contribution in [2.75, 3.05) is 11.4 Å². The number of nitrogens with one attached hydrogen (secondary N) is 1. The Bertz CT molecular complexity index is 777. The number of carbonyl (C=O) groups excluding carboxylic acids is 2. The molecule has 0 saturated carbocycles. The molecule has 0 aromatic heterocycles. The molecule has 0 aliphatic carbocycles. The Morgan fingerprint density at radius 3 is 2.68 bits per heavy atom. The lowest BCUT2D eigenvalue weighted by Crippen LogP contribution is -2.41. The average Bonchev–Trinajstić information content (AvgIpc) is 2.76. The Hall–Kier alpha value is -2.33. The SMILES string of the molecule is C[C@H](NC(=O)CN1C(=O)CCCc2cccc(Cl)c21)c1ccccc1. The lowest BCUT2D eigenvalue weighted by molar-refractivity contribution is -0.124. The van der Waals surface area contributed by atoms with E-state index in [1.54, 1.807) is 6.07 Å². The smallest absolute Gasteiger partial charge is 0.240 e. The molecule has 1 aliphatic rings. The zero-order valence-corrected chi connectivity index (χ0v) is 14.9. The molecule has 25 heavy (non-hydrogen) atoms. The van der Waals surface area contributed by atoms with Crippen molar-refractivity contribution in [3.63, 3.8) is 0 Å². The number of hydrogen-bond donors (Lipinski definition) is 1. The maximum Gasteiger partial charge on any atom is 0.240 e. The van der Waals surface area contributed by atoms with E-state index < -0.39 is 0 Å². The van der Waals surface area contributed by atoms with Gasteiger partial charge in [-0.1, -0.05) is 54.1 Å². The lowest BCUT2D eigenvalue weighted by Gasteiger charge is -2.24. The molecule has 2 aromatic rings. The van der Waals surface area contributed by atoms with Crippen LogP contribution in [0, 0.1) is 0 Å². The van der Waals surface area contributed by atoms with Gasteiger partial charge in [0.15, 0.2) is 0 Å². The molecule has 2 amide bonds. The van der Waals surface area contributed by atoms with Crippen LogP contribution in [0.5, 0.6) is 0 Å². The molecule has 0 saturated heterocycles. The normalized spacial score (nSPS) is 15.3. The molecule has 0 bridgehead atoms. The van der Waals surface area contributed by atoms with Crippen molar-refractivity contribution in [2.24, 2.45) is 0 Å². The van der Waals surface area contributed by atoms with Crippen LogP contribution in [0.15, 0.2) is 48.5 Å².